The highest BCUT2D eigenvalue weighted by Crippen LogP contribution is 2.40. The number of methoxy groups -OCH3 is 1. The lowest BCUT2D eigenvalue weighted by atomic mass is 9.86. The third kappa shape index (κ3) is 6.39. The van der Waals surface area contributed by atoms with Crippen molar-refractivity contribution in [1.82, 2.24) is 0 Å². The van der Waals surface area contributed by atoms with Crippen molar-refractivity contribution in [3.8, 4) is 17.2 Å². The first-order valence-electron chi connectivity index (χ1n) is 11.8. The van der Waals surface area contributed by atoms with Gasteiger partial charge in [0.05, 0.1) is 24.2 Å². The Morgan fingerprint density at radius 3 is 2.15 bits per heavy atom. The number of alkyl halides is 3. The molecule has 39 heavy (non-hydrogen) atoms. The summed E-state index contributed by atoms with van der Waals surface area (Å²) in [5.41, 5.74) is 1.04. The topological polar surface area (TPSA) is 94.2 Å². The Bertz CT molecular complexity index is 1450. The molecule has 0 spiro atoms. The monoisotopic (exact) mass is 564 g/mol. The Labute approximate surface area is 224 Å². The van der Waals surface area contributed by atoms with Gasteiger partial charge in [-0.1, -0.05) is 26.8 Å². The summed E-state index contributed by atoms with van der Waals surface area (Å²) >= 11 is 0. The number of anilines is 2. The van der Waals surface area contributed by atoms with E-state index in [1.54, 1.807) is 18.2 Å². The van der Waals surface area contributed by atoms with Crippen LogP contribution in [0.25, 0.3) is 0 Å². The first kappa shape index (κ1) is 28.1. The van der Waals surface area contributed by atoms with E-state index < -0.39 is 34.1 Å². The van der Waals surface area contributed by atoms with Crippen LogP contribution in [0.15, 0.2) is 71.6 Å². The number of halogens is 3. The number of benzene rings is 3. The van der Waals surface area contributed by atoms with Crippen LogP contribution in [0.3, 0.4) is 0 Å². The Hall–Kier alpha value is -3.93. The van der Waals surface area contributed by atoms with Crippen molar-refractivity contribution >= 4 is 27.3 Å². The summed E-state index contributed by atoms with van der Waals surface area (Å²) in [4.78, 5) is 13.1. The fraction of sp³-hybridized carbons (Fsp3) is 0.296. The van der Waals surface area contributed by atoms with Crippen LogP contribution in [0.5, 0.6) is 17.2 Å². The molecule has 0 radical (unpaired) electrons. The highest BCUT2D eigenvalue weighted by molar-refractivity contribution is 7.92. The standard InChI is InChI=1S/C27H27F3N2O6S/c1-26(2,3)17-5-14-23-22(15-17)32(39(34,35)21-12-10-19(36-4)11-13-21)16-24(37-23)25(33)31-18-6-8-20(9-7-18)38-27(28,29)30/h5-15,24H,16H2,1-4H3,(H,31,33). The molecule has 0 fully saturated rings. The molecule has 3 aromatic rings. The first-order valence-corrected chi connectivity index (χ1v) is 13.3. The van der Waals surface area contributed by atoms with Crippen molar-refractivity contribution in [2.24, 2.45) is 0 Å². The summed E-state index contributed by atoms with van der Waals surface area (Å²) in [6, 6.07) is 15.6. The van der Waals surface area contributed by atoms with Gasteiger partial charge in [0.1, 0.15) is 17.2 Å². The number of nitrogens with zero attached hydrogens (tertiary/aromatic N) is 1. The number of carbonyl (C=O) groups is 1. The second kappa shape index (κ2) is 10.3. The van der Waals surface area contributed by atoms with Crippen molar-refractivity contribution in [3.05, 3.63) is 72.3 Å². The van der Waals surface area contributed by atoms with E-state index in [4.69, 9.17) is 9.47 Å². The first-order chi connectivity index (χ1) is 18.2. The molecule has 1 aliphatic heterocycles. The van der Waals surface area contributed by atoms with Gasteiger partial charge in [-0.25, -0.2) is 8.42 Å². The van der Waals surface area contributed by atoms with Gasteiger partial charge in [0.15, 0.2) is 6.10 Å². The van der Waals surface area contributed by atoms with Crippen LogP contribution in [0, 0.1) is 0 Å². The summed E-state index contributed by atoms with van der Waals surface area (Å²) in [5.74, 6) is -0.453. The van der Waals surface area contributed by atoms with Crippen LogP contribution in [0.4, 0.5) is 24.5 Å². The van der Waals surface area contributed by atoms with Crippen molar-refractivity contribution in [2.45, 2.75) is 43.5 Å². The molecule has 12 heteroatoms. The average molecular weight is 565 g/mol. The van der Waals surface area contributed by atoms with Gasteiger partial charge in [0.2, 0.25) is 0 Å². The zero-order valence-electron chi connectivity index (χ0n) is 21.6. The lowest BCUT2D eigenvalue weighted by Gasteiger charge is -2.36. The number of hydrogen-bond acceptors (Lipinski definition) is 6. The largest absolute Gasteiger partial charge is 0.573 e. The van der Waals surface area contributed by atoms with Crippen molar-refractivity contribution < 1.29 is 40.6 Å². The molecule has 1 amide bonds. The molecule has 0 bridgehead atoms. The minimum atomic E-state index is -4.85. The van der Waals surface area contributed by atoms with Gasteiger partial charge in [-0.15, -0.1) is 13.2 Å². The van der Waals surface area contributed by atoms with E-state index in [0.29, 0.717) is 5.75 Å². The summed E-state index contributed by atoms with van der Waals surface area (Å²) in [6.45, 7) is 5.63. The summed E-state index contributed by atoms with van der Waals surface area (Å²) in [6.07, 6.45) is -6.10. The molecule has 4 rings (SSSR count). The van der Waals surface area contributed by atoms with Crippen LogP contribution < -0.4 is 23.8 Å². The van der Waals surface area contributed by atoms with Gasteiger partial charge in [-0.05, 0) is 71.6 Å². The van der Waals surface area contributed by atoms with Crippen molar-refractivity contribution in [3.63, 3.8) is 0 Å². The number of ether oxygens (including phenoxy) is 3. The van der Waals surface area contributed by atoms with Gasteiger partial charge >= 0.3 is 6.36 Å². The van der Waals surface area contributed by atoms with E-state index in [9.17, 15) is 26.4 Å². The fourth-order valence-corrected chi connectivity index (χ4v) is 5.39. The van der Waals surface area contributed by atoms with Crippen molar-refractivity contribution in [1.29, 1.82) is 0 Å². The highest BCUT2D eigenvalue weighted by Gasteiger charge is 2.38. The number of amides is 1. The smallest absolute Gasteiger partial charge is 0.497 e. The van der Waals surface area contributed by atoms with Crippen LogP contribution in [0.2, 0.25) is 0 Å². The maximum atomic E-state index is 13.8. The zero-order chi connectivity index (χ0) is 28.6. The Morgan fingerprint density at radius 2 is 1.59 bits per heavy atom. The van der Waals surface area contributed by atoms with Gasteiger partial charge in [0, 0.05) is 5.69 Å². The number of carbonyl (C=O) groups excluding carboxylic acids is 1. The number of hydrogen-bond donors (Lipinski definition) is 1. The lowest BCUT2D eigenvalue weighted by Crippen LogP contribution is -2.49. The predicted molar refractivity (Wildman–Crippen MR) is 139 cm³/mol. The molecule has 1 atom stereocenters. The molecular weight excluding hydrogens is 537 g/mol. The van der Waals surface area contributed by atoms with Gasteiger partial charge in [0.25, 0.3) is 15.9 Å². The molecule has 1 N–H and O–H groups in total. The van der Waals surface area contributed by atoms with Gasteiger partial charge in [-0.3, -0.25) is 9.10 Å². The van der Waals surface area contributed by atoms with E-state index in [-0.39, 0.29) is 34.0 Å². The third-order valence-electron chi connectivity index (χ3n) is 5.99. The summed E-state index contributed by atoms with van der Waals surface area (Å²) < 4.78 is 80.9. The second-order valence-corrected chi connectivity index (χ2v) is 11.7. The highest BCUT2D eigenvalue weighted by atomic mass is 32.2. The summed E-state index contributed by atoms with van der Waals surface area (Å²) in [7, 11) is -2.66. The molecule has 208 valence electrons. The maximum Gasteiger partial charge on any atom is 0.573 e. The molecule has 0 aliphatic carbocycles. The van der Waals surface area contributed by atoms with Crippen LogP contribution in [-0.4, -0.2) is 40.4 Å². The van der Waals surface area contributed by atoms with Gasteiger partial charge in [-0.2, -0.15) is 0 Å². The van der Waals surface area contributed by atoms with Crippen LogP contribution in [0.1, 0.15) is 26.3 Å². The minimum Gasteiger partial charge on any atom is -0.497 e. The number of fused-ring (bicyclic) bond motifs is 1. The molecule has 3 aromatic carbocycles. The summed E-state index contributed by atoms with van der Waals surface area (Å²) in [5, 5.41) is 2.56. The van der Waals surface area contributed by atoms with E-state index in [2.05, 4.69) is 10.1 Å². The van der Waals surface area contributed by atoms with Crippen molar-refractivity contribution in [2.75, 3.05) is 23.3 Å². The third-order valence-corrected chi connectivity index (χ3v) is 7.78. The molecule has 0 saturated carbocycles. The molecule has 0 saturated heterocycles. The second-order valence-electron chi connectivity index (χ2n) is 9.81. The Balaban J connectivity index is 1.65. The average Bonchev–Trinajstić information content (AvgIpc) is 2.87. The van der Waals surface area contributed by atoms with Crippen LogP contribution >= 0.6 is 0 Å². The zero-order valence-corrected chi connectivity index (χ0v) is 22.4. The number of sulfonamides is 1. The lowest BCUT2D eigenvalue weighted by molar-refractivity contribution is -0.274. The van der Waals surface area contributed by atoms with E-state index in [1.165, 1.54) is 43.5 Å². The maximum absolute atomic E-state index is 13.8. The van der Waals surface area contributed by atoms with Crippen LogP contribution in [-0.2, 0) is 20.2 Å². The normalized spacial score (nSPS) is 15.7. The Morgan fingerprint density at radius 1 is 0.974 bits per heavy atom. The number of nitrogens with one attached hydrogen (secondary N) is 1. The quantitative estimate of drug-likeness (QED) is 0.426. The molecular formula is C27H27F3N2O6S. The predicted octanol–water partition coefficient (Wildman–Crippen LogP) is 5.49. The minimum absolute atomic E-state index is 0.00303. The number of rotatable bonds is 6. The van der Waals surface area contributed by atoms with E-state index in [0.717, 1.165) is 22.0 Å². The molecule has 1 unspecified atom stereocenters. The molecule has 0 aromatic heterocycles. The van der Waals surface area contributed by atoms with Gasteiger partial charge < -0.3 is 19.5 Å². The molecule has 1 aliphatic rings. The fourth-order valence-electron chi connectivity index (χ4n) is 3.92. The molecule has 1 heterocycles. The van der Waals surface area contributed by atoms with E-state index in [1.807, 2.05) is 20.8 Å². The van der Waals surface area contributed by atoms with E-state index >= 15 is 0 Å². The SMILES string of the molecule is COc1ccc(S(=O)(=O)N2CC(C(=O)Nc3ccc(OC(F)(F)F)cc3)Oc3ccc(C(C)(C)C)cc32)cc1. The Kier molecular flexibility index (Phi) is 7.44. The molecule has 8 nitrogen and oxygen atoms in total.